The van der Waals surface area contributed by atoms with Crippen LogP contribution in [0, 0.1) is 5.41 Å². The molecule has 1 saturated carbocycles. The van der Waals surface area contributed by atoms with Crippen molar-refractivity contribution < 1.29 is 9.84 Å². The van der Waals surface area contributed by atoms with Crippen LogP contribution in [0.25, 0.3) is 0 Å². The van der Waals surface area contributed by atoms with E-state index in [-0.39, 0.29) is 5.41 Å². The topological polar surface area (TPSA) is 29.5 Å². The van der Waals surface area contributed by atoms with Crippen molar-refractivity contribution in [3.05, 3.63) is 35.4 Å². The molecule has 1 fully saturated rings. The van der Waals surface area contributed by atoms with Gasteiger partial charge in [-0.3, -0.25) is 0 Å². The minimum Gasteiger partial charge on any atom is -0.396 e. The van der Waals surface area contributed by atoms with E-state index >= 15 is 0 Å². The lowest BCUT2D eigenvalue weighted by Crippen LogP contribution is -2.10. The highest BCUT2D eigenvalue weighted by atomic mass is 16.5. The van der Waals surface area contributed by atoms with Gasteiger partial charge in [0.25, 0.3) is 0 Å². The van der Waals surface area contributed by atoms with Gasteiger partial charge in [0, 0.05) is 13.7 Å². The molecule has 0 spiro atoms. The van der Waals surface area contributed by atoms with Crippen LogP contribution in [-0.2, 0) is 17.8 Å². The number of methoxy groups -OCH3 is 1. The van der Waals surface area contributed by atoms with Crippen LogP contribution in [0.3, 0.4) is 0 Å². The molecule has 1 aromatic rings. The van der Waals surface area contributed by atoms with Gasteiger partial charge in [-0.25, -0.2) is 0 Å². The first-order valence-electron chi connectivity index (χ1n) is 5.46. The summed E-state index contributed by atoms with van der Waals surface area (Å²) in [5.41, 5.74) is 2.73. The summed E-state index contributed by atoms with van der Waals surface area (Å²) in [4.78, 5) is 0. The van der Waals surface area contributed by atoms with Gasteiger partial charge in [0.15, 0.2) is 0 Å². The molecule has 0 aromatic heterocycles. The Morgan fingerprint density at radius 1 is 1.33 bits per heavy atom. The molecular weight excluding hydrogens is 188 g/mol. The number of rotatable bonds is 5. The van der Waals surface area contributed by atoms with Crippen molar-refractivity contribution in [2.75, 3.05) is 13.7 Å². The van der Waals surface area contributed by atoms with E-state index in [1.807, 2.05) is 0 Å². The normalized spacial score (nSPS) is 17.7. The van der Waals surface area contributed by atoms with E-state index in [0.29, 0.717) is 13.2 Å². The highest BCUT2D eigenvalue weighted by molar-refractivity contribution is 5.25. The van der Waals surface area contributed by atoms with E-state index in [1.165, 1.54) is 11.1 Å². The fourth-order valence-corrected chi connectivity index (χ4v) is 2.00. The van der Waals surface area contributed by atoms with Gasteiger partial charge >= 0.3 is 0 Å². The summed E-state index contributed by atoms with van der Waals surface area (Å²) < 4.78 is 5.11. The zero-order valence-corrected chi connectivity index (χ0v) is 9.20. The van der Waals surface area contributed by atoms with Crippen molar-refractivity contribution in [2.45, 2.75) is 25.9 Å². The first-order valence-corrected chi connectivity index (χ1v) is 5.46. The molecule has 1 aliphatic carbocycles. The SMILES string of the molecule is COCc1cccc(CC2(CO)CC2)c1. The molecule has 0 aliphatic heterocycles. The molecule has 1 N–H and O–H groups in total. The molecule has 2 rings (SSSR count). The maximum atomic E-state index is 9.27. The van der Waals surface area contributed by atoms with Crippen molar-refractivity contribution in [1.29, 1.82) is 0 Å². The highest BCUT2D eigenvalue weighted by Crippen LogP contribution is 2.47. The molecule has 0 heterocycles. The summed E-state index contributed by atoms with van der Waals surface area (Å²) in [6, 6.07) is 8.46. The Morgan fingerprint density at radius 2 is 2.07 bits per heavy atom. The standard InChI is InChI=1S/C13H18O2/c1-15-9-12-4-2-3-11(7-12)8-13(10-14)5-6-13/h2-4,7,14H,5-6,8-10H2,1H3. The number of benzene rings is 1. The number of hydrogen-bond donors (Lipinski definition) is 1. The maximum absolute atomic E-state index is 9.27. The Morgan fingerprint density at radius 3 is 2.67 bits per heavy atom. The lowest BCUT2D eigenvalue weighted by atomic mass is 9.96. The summed E-state index contributed by atoms with van der Waals surface area (Å²) in [6.07, 6.45) is 3.33. The Labute approximate surface area is 90.9 Å². The van der Waals surface area contributed by atoms with Gasteiger partial charge in [0.2, 0.25) is 0 Å². The largest absolute Gasteiger partial charge is 0.396 e. The average Bonchev–Trinajstić information content (AvgIpc) is 3.00. The van der Waals surface area contributed by atoms with Gasteiger partial charge in [0.05, 0.1) is 6.61 Å². The van der Waals surface area contributed by atoms with Crippen LogP contribution in [0.1, 0.15) is 24.0 Å². The highest BCUT2D eigenvalue weighted by Gasteiger charge is 2.41. The summed E-state index contributed by atoms with van der Waals surface area (Å²) in [7, 11) is 1.71. The fourth-order valence-electron chi connectivity index (χ4n) is 2.00. The molecule has 0 radical (unpaired) electrons. The molecule has 15 heavy (non-hydrogen) atoms. The Hall–Kier alpha value is -0.860. The molecule has 82 valence electrons. The van der Waals surface area contributed by atoms with Gasteiger partial charge < -0.3 is 9.84 Å². The molecule has 0 unspecified atom stereocenters. The van der Waals surface area contributed by atoms with E-state index in [0.717, 1.165) is 19.3 Å². The lowest BCUT2D eigenvalue weighted by molar-refractivity contribution is 0.184. The van der Waals surface area contributed by atoms with Crippen molar-refractivity contribution in [1.82, 2.24) is 0 Å². The van der Waals surface area contributed by atoms with Crippen LogP contribution < -0.4 is 0 Å². The van der Waals surface area contributed by atoms with Crippen LogP contribution in [0.4, 0.5) is 0 Å². The fraction of sp³-hybridized carbons (Fsp3) is 0.538. The third-order valence-electron chi connectivity index (χ3n) is 3.17. The minimum atomic E-state index is 0.200. The molecule has 1 aliphatic rings. The van der Waals surface area contributed by atoms with Crippen molar-refractivity contribution in [3.63, 3.8) is 0 Å². The zero-order valence-electron chi connectivity index (χ0n) is 9.20. The summed E-state index contributed by atoms with van der Waals surface area (Å²) in [5, 5.41) is 9.27. The second-order valence-electron chi connectivity index (χ2n) is 4.59. The number of aliphatic hydroxyl groups is 1. The molecule has 0 saturated heterocycles. The van der Waals surface area contributed by atoms with Crippen LogP contribution in [-0.4, -0.2) is 18.8 Å². The Bertz CT molecular complexity index is 329. The van der Waals surface area contributed by atoms with E-state index in [4.69, 9.17) is 4.74 Å². The summed E-state index contributed by atoms with van der Waals surface area (Å²) >= 11 is 0. The maximum Gasteiger partial charge on any atom is 0.0713 e. The van der Waals surface area contributed by atoms with Gasteiger partial charge in [0.1, 0.15) is 0 Å². The number of aliphatic hydroxyl groups excluding tert-OH is 1. The molecule has 0 amide bonds. The predicted octanol–water partition coefficient (Wildman–Crippen LogP) is 2.15. The quantitative estimate of drug-likeness (QED) is 0.800. The smallest absolute Gasteiger partial charge is 0.0713 e. The molecule has 1 aromatic carbocycles. The first-order chi connectivity index (χ1) is 7.28. The van der Waals surface area contributed by atoms with E-state index in [2.05, 4.69) is 24.3 Å². The van der Waals surface area contributed by atoms with Crippen molar-refractivity contribution in [2.24, 2.45) is 5.41 Å². The van der Waals surface area contributed by atoms with Gasteiger partial charge in [-0.05, 0) is 35.8 Å². The van der Waals surface area contributed by atoms with Gasteiger partial charge in [-0.15, -0.1) is 0 Å². The van der Waals surface area contributed by atoms with Gasteiger partial charge in [-0.1, -0.05) is 24.3 Å². The second kappa shape index (κ2) is 4.33. The third kappa shape index (κ3) is 2.58. The number of hydrogen-bond acceptors (Lipinski definition) is 2. The first kappa shape index (κ1) is 10.7. The van der Waals surface area contributed by atoms with Crippen LogP contribution in [0.2, 0.25) is 0 Å². The molecule has 2 nitrogen and oxygen atoms in total. The minimum absolute atomic E-state index is 0.200. The second-order valence-corrected chi connectivity index (χ2v) is 4.59. The predicted molar refractivity (Wildman–Crippen MR) is 59.6 cm³/mol. The Balaban J connectivity index is 2.05. The van der Waals surface area contributed by atoms with Crippen molar-refractivity contribution >= 4 is 0 Å². The van der Waals surface area contributed by atoms with Crippen LogP contribution >= 0.6 is 0 Å². The van der Waals surface area contributed by atoms with Gasteiger partial charge in [-0.2, -0.15) is 0 Å². The van der Waals surface area contributed by atoms with E-state index in [1.54, 1.807) is 7.11 Å². The third-order valence-corrected chi connectivity index (χ3v) is 3.17. The van der Waals surface area contributed by atoms with Crippen LogP contribution in [0.5, 0.6) is 0 Å². The molecule has 0 bridgehead atoms. The summed E-state index contributed by atoms with van der Waals surface area (Å²) in [6.45, 7) is 0.988. The number of ether oxygens (including phenoxy) is 1. The zero-order chi connectivity index (χ0) is 10.7. The molecular formula is C13H18O2. The summed E-state index contributed by atoms with van der Waals surface area (Å²) in [5.74, 6) is 0. The average molecular weight is 206 g/mol. The van der Waals surface area contributed by atoms with Crippen molar-refractivity contribution in [3.8, 4) is 0 Å². The van der Waals surface area contributed by atoms with E-state index in [9.17, 15) is 5.11 Å². The Kier molecular flexibility index (Phi) is 3.08. The monoisotopic (exact) mass is 206 g/mol. The lowest BCUT2D eigenvalue weighted by Gasteiger charge is -2.12. The van der Waals surface area contributed by atoms with E-state index < -0.39 is 0 Å². The van der Waals surface area contributed by atoms with Crippen LogP contribution in [0.15, 0.2) is 24.3 Å². The molecule has 0 atom stereocenters. The molecule has 2 heteroatoms.